The van der Waals surface area contributed by atoms with Gasteiger partial charge in [-0.15, -0.1) is 0 Å². The van der Waals surface area contributed by atoms with Gasteiger partial charge in [0, 0.05) is 12.1 Å². The van der Waals surface area contributed by atoms with E-state index in [-0.39, 0.29) is 22.9 Å². The first-order valence-corrected chi connectivity index (χ1v) is 8.15. The minimum atomic E-state index is -0.499. The van der Waals surface area contributed by atoms with Crippen LogP contribution in [0.2, 0.25) is 5.02 Å². The molecule has 0 radical (unpaired) electrons. The van der Waals surface area contributed by atoms with Gasteiger partial charge in [-0.1, -0.05) is 25.4 Å². The molecule has 1 N–H and O–H groups in total. The SMILES string of the molecule is CCOC(=O)c1c(C)oc2cc(CN(CC)CC)c(O)c(Cl)c12. The molecule has 0 bridgehead atoms. The van der Waals surface area contributed by atoms with Gasteiger partial charge in [0.05, 0.1) is 17.0 Å². The quantitative estimate of drug-likeness (QED) is 0.802. The van der Waals surface area contributed by atoms with Crippen LogP contribution in [0.4, 0.5) is 0 Å². The summed E-state index contributed by atoms with van der Waals surface area (Å²) in [7, 11) is 0. The van der Waals surface area contributed by atoms with Crippen molar-refractivity contribution < 1.29 is 19.1 Å². The average Bonchev–Trinajstić information content (AvgIpc) is 2.86. The highest BCUT2D eigenvalue weighted by Crippen LogP contribution is 2.40. The first-order chi connectivity index (χ1) is 10.9. The van der Waals surface area contributed by atoms with E-state index in [1.165, 1.54) is 0 Å². The predicted molar refractivity (Wildman–Crippen MR) is 90.2 cm³/mol. The number of aryl methyl sites for hydroxylation is 1. The summed E-state index contributed by atoms with van der Waals surface area (Å²) in [5.74, 6) is -0.0845. The molecule has 0 unspecified atom stereocenters. The van der Waals surface area contributed by atoms with E-state index in [9.17, 15) is 9.90 Å². The molecule has 5 nitrogen and oxygen atoms in total. The second kappa shape index (κ2) is 7.23. The van der Waals surface area contributed by atoms with Crippen LogP contribution in [0.25, 0.3) is 11.0 Å². The number of carbonyl (C=O) groups is 1. The minimum Gasteiger partial charge on any atom is -0.506 e. The highest BCUT2D eigenvalue weighted by molar-refractivity contribution is 6.38. The fourth-order valence-corrected chi connectivity index (χ4v) is 2.94. The first-order valence-electron chi connectivity index (χ1n) is 7.77. The summed E-state index contributed by atoms with van der Waals surface area (Å²) in [6, 6.07) is 1.74. The van der Waals surface area contributed by atoms with Gasteiger partial charge in [-0.05, 0) is 33.0 Å². The van der Waals surface area contributed by atoms with E-state index in [0.29, 0.717) is 28.8 Å². The number of fused-ring (bicyclic) bond motifs is 1. The van der Waals surface area contributed by atoms with Gasteiger partial charge in [-0.3, -0.25) is 4.90 Å². The number of hydrogen-bond donors (Lipinski definition) is 1. The molecule has 0 saturated carbocycles. The fraction of sp³-hybridized carbons (Fsp3) is 0.471. The number of rotatable bonds is 6. The van der Waals surface area contributed by atoms with Crippen LogP contribution >= 0.6 is 11.6 Å². The molecule has 1 aromatic heterocycles. The fourth-order valence-electron chi connectivity index (χ4n) is 2.63. The molecule has 6 heteroatoms. The van der Waals surface area contributed by atoms with Crippen LogP contribution in [0.1, 0.15) is 42.5 Å². The number of aromatic hydroxyl groups is 1. The Morgan fingerprint density at radius 3 is 2.57 bits per heavy atom. The van der Waals surface area contributed by atoms with Crippen molar-refractivity contribution in [3.63, 3.8) is 0 Å². The van der Waals surface area contributed by atoms with Crippen molar-refractivity contribution in [3.05, 3.63) is 28.0 Å². The summed E-state index contributed by atoms with van der Waals surface area (Å²) in [5.41, 5.74) is 1.43. The third-order valence-electron chi connectivity index (χ3n) is 3.92. The third-order valence-corrected chi connectivity index (χ3v) is 4.28. The van der Waals surface area contributed by atoms with Crippen LogP contribution in [0.5, 0.6) is 5.75 Å². The van der Waals surface area contributed by atoms with Crippen LogP contribution in [0.3, 0.4) is 0 Å². The Kier molecular flexibility index (Phi) is 5.55. The van der Waals surface area contributed by atoms with Crippen LogP contribution in [0, 0.1) is 6.92 Å². The molecule has 0 amide bonds. The molecule has 2 rings (SSSR count). The van der Waals surface area contributed by atoms with E-state index in [4.69, 9.17) is 20.8 Å². The van der Waals surface area contributed by atoms with Gasteiger partial charge in [-0.2, -0.15) is 0 Å². The maximum Gasteiger partial charge on any atom is 0.342 e. The molecule has 0 fully saturated rings. The second-order valence-electron chi connectivity index (χ2n) is 5.29. The summed E-state index contributed by atoms with van der Waals surface area (Å²) >= 11 is 6.33. The Labute approximate surface area is 140 Å². The minimum absolute atomic E-state index is 0.0163. The molecule has 1 aromatic carbocycles. The van der Waals surface area contributed by atoms with Crippen molar-refractivity contribution in [2.75, 3.05) is 19.7 Å². The second-order valence-corrected chi connectivity index (χ2v) is 5.66. The van der Waals surface area contributed by atoms with Crippen molar-refractivity contribution in [1.82, 2.24) is 4.90 Å². The third kappa shape index (κ3) is 3.31. The van der Waals surface area contributed by atoms with Crippen LogP contribution in [-0.2, 0) is 11.3 Å². The molecule has 0 aliphatic carbocycles. The van der Waals surface area contributed by atoms with E-state index in [1.54, 1.807) is 19.9 Å². The number of hydrogen-bond acceptors (Lipinski definition) is 5. The van der Waals surface area contributed by atoms with Crippen molar-refractivity contribution in [1.29, 1.82) is 0 Å². The van der Waals surface area contributed by atoms with Crippen molar-refractivity contribution in [3.8, 4) is 5.75 Å². The molecule has 126 valence electrons. The van der Waals surface area contributed by atoms with Crippen LogP contribution in [0.15, 0.2) is 10.5 Å². The molecular formula is C17H22ClNO4. The Hall–Kier alpha value is -1.72. The Bertz CT molecular complexity index is 719. The number of nitrogens with zero attached hydrogens (tertiary/aromatic N) is 1. The number of ether oxygens (including phenoxy) is 1. The number of carbonyl (C=O) groups excluding carboxylic acids is 1. The molecule has 0 saturated heterocycles. The van der Waals surface area contributed by atoms with Gasteiger partial charge in [0.2, 0.25) is 0 Å². The Morgan fingerprint density at radius 1 is 1.35 bits per heavy atom. The largest absolute Gasteiger partial charge is 0.506 e. The summed E-state index contributed by atoms with van der Waals surface area (Å²) in [6.45, 7) is 10.1. The van der Waals surface area contributed by atoms with Crippen molar-refractivity contribution in [2.45, 2.75) is 34.2 Å². The maximum atomic E-state index is 12.1. The number of halogens is 1. The Balaban J connectivity index is 2.58. The lowest BCUT2D eigenvalue weighted by molar-refractivity contribution is 0.0526. The molecule has 2 aromatic rings. The predicted octanol–water partition coefficient (Wildman–Crippen LogP) is 4.12. The molecule has 23 heavy (non-hydrogen) atoms. The van der Waals surface area contributed by atoms with Crippen molar-refractivity contribution >= 4 is 28.5 Å². The molecule has 0 spiro atoms. The number of phenolic OH excluding ortho intramolecular Hbond substituents is 1. The van der Waals surface area contributed by atoms with Gasteiger partial charge >= 0.3 is 5.97 Å². The summed E-state index contributed by atoms with van der Waals surface area (Å²) in [6.07, 6.45) is 0. The maximum absolute atomic E-state index is 12.1. The van der Waals surface area contributed by atoms with Gasteiger partial charge in [0.1, 0.15) is 22.7 Å². The van der Waals surface area contributed by atoms with Gasteiger partial charge < -0.3 is 14.3 Å². The Morgan fingerprint density at radius 2 is 2.00 bits per heavy atom. The first kappa shape index (κ1) is 17.6. The molecule has 1 heterocycles. The zero-order valence-electron chi connectivity index (χ0n) is 13.9. The highest BCUT2D eigenvalue weighted by Gasteiger charge is 2.25. The lowest BCUT2D eigenvalue weighted by atomic mass is 10.1. The normalized spacial score (nSPS) is 11.4. The molecule has 0 aliphatic rings. The van der Waals surface area contributed by atoms with Gasteiger partial charge in [0.15, 0.2) is 0 Å². The lowest BCUT2D eigenvalue weighted by Crippen LogP contribution is -2.22. The number of esters is 1. The van der Waals surface area contributed by atoms with Gasteiger partial charge in [0.25, 0.3) is 0 Å². The number of furan rings is 1. The highest BCUT2D eigenvalue weighted by atomic mass is 35.5. The molecule has 0 atom stereocenters. The zero-order valence-corrected chi connectivity index (χ0v) is 14.7. The van der Waals surface area contributed by atoms with Gasteiger partial charge in [-0.25, -0.2) is 4.79 Å². The van der Waals surface area contributed by atoms with E-state index in [2.05, 4.69) is 18.7 Å². The lowest BCUT2D eigenvalue weighted by Gasteiger charge is -2.19. The average molecular weight is 340 g/mol. The number of phenols is 1. The summed E-state index contributed by atoms with van der Waals surface area (Å²) in [4.78, 5) is 14.3. The monoisotopic (exact) mass is 339 g/mol. The molecular weight excluding hydrogens is 318 g/mol. The standard InChI is InChI=1S/C17H22ClNO4/c1-5-19(6-2)9-11-8-12-14(15(18)16(11)20)13(10(4)23-12)17(21)22-7-3/h8,20H,5-7,9H2,1-4H3. The van der Waals surface area contributed by atoms with E-state index >= 15 is 0 Å². The summed E-state index contributed by atoms with van der Waals surface area (Å²) in [5, 5.41) is 11.0. The zero-order chi connectivity index (χ0) is 17.1. The number of benzene rings is 1. The van der Waals surface area contributed by atoms with E-state index < -0.39 is 5.97 Å². The van der Waals surface area contributed by atoms with Crippen LogP contribution < -0.4 is 0 Å². The smallest absolute Gasteiger partial charge is 0.342 e. The van der Waals surface area contributed by atoms with Crippen LogP contribution in [-0.4, -0.2) is 35.7 Å². The van der Waals surface area contributed by atoms with E-state index in [1.807, 2.05) is 0 Å². The summed E-state index contributed by atoms with van der Waals surface area (Å²) < 4.78 is 10.7. The topological polar surface area (TPSA) is 62.9 Å². The van der Waals surface area contributed by atoms with E-state index in [0.717, 1.165) is 13.1 Å². The molecule has 0 aliphatic heterocycles. The van der Waals surface area contributed by atoms with Crippen molar-refractivity contribution in [2.24, 2.45) is 0 Å².